The normalized spacial score (nSPS) is 9.90. The van der Waals surface area contributed by atoms with E-state index in [1.165, 1.54) is 0 Å². The van der Waals surface area contributed by atoms with E-state index in [0.717, 1.165) is 4.05 Å². The van der Waals surface area contributed by atoms with Crippen LogP contribution in [-0.4, -0.2) is 9.03 Å². The van der Waals surface area contributed by atoms with E-state index in [-0.39, 0.29) is 0 Å². The first-order chi connectivity index (χ1) is 4.79. The van der Waals surface area contributed by atoms with Crippen LogP contribution in [0, 0.1) is 0 Å². The van der Waals surface area contributed by atoms with Gasteiger partial charge in [-0.25, -0.2) is 4.98 Å². The molecule has 0 unspecified atom stereocenters. The van der Waals surface area contributed by atoms with Crippen molar-refractivity contribution in [2.75, 3.05) is 5.43 Å². The zero-order chi connectivity index (χ0) is 7.40. The van der Waals surface area contributed by atoms with Crippen molar-refractivity contribution in [2.24, 2.45) is 0 Å². The molecule has 0 atom stereocenters. The van der Waals surface area contributed by atoms with Crippen LogP contribution in [0.2, 0.25) is 0 Å². The van der Waals surface area contributed by atoms with Crippen LogP contribution in [0.3, 0.4) is 0 Å². The summed E-state index contributed by atoms with van der Waals surface area (Å²) in [5.41, 5.74) is 2.56. The highest BCUT2D eigenvalue weighted by Gasteiger charge is 1.93. The third-order valence-corrected chi connectivity index (χ3v) is 1.03. The van der Waals surface area contributed by atoms with Gasteiger partial charge in [-0.3, -0.25) is 5.43 Å². The maximum Gasteiger partial charge on any atom is 0.142 e. The quantitative estimate of drug-likeness (QED) is 0.554. The Kier molecular flexibility index (Phi) is 2.74. The summed E-state index contributed by atoms with van der Waals surface area (Å²) in [4.78, 5) is 3.90. The largest absolute Gasteiger partial charge is 0.274 e. The minimum Gasteiger partial charge on any atom is -0.274 e. The fraction of sp³-hybridized carbons (Fsp3) is 0. The third-order valence-electron chi connectivity index (χ3n) is 0.864. The van der Waals surface area contributed by atoms with Crippen molar-refractivity contribution in [1.82, 2.24) is 9.03 Å². The lowest BCUT2D eigenvalue weighted by Gasteiger charge is -2.04. The van der Waals surface area contributed by atoms with Crippen LogP contribution in [-0.2, 0) is 0 Å². The van der Waals surface area contributed by atoms with E-state index in [9.17, 15) is 0 Å². The second-order valence-electron chi connectivity index (χ2n) is 1.56. The average molecular weight is 178 g/mol. The highest BCUT2D eigenvalue weighted by atomic mass is 35.5. The summed E-state index contributed by atoms with van der Waals surface area (Å²) < 4.78 is 0.794. The van der Waals surface area contributed by atoms with Crippen LogP contribution >= 0.6 is 23.6 Å². The first kappa shape index (κ1) is 7.60. The van der Waals surface area contributed by atoms with Crippen LogP contribution in [0.25, 0.3) is 0 Å². The molecule has 0 amide bonds. The lowest BCUT2D eigenvalue weighted by molar-refractivity contribution is 0.853. The van der Waals surface area contributed by atoms with E-state index in [1.807, 2.05) is 6.07 Å². The van der Waals surface area contributed by atoms with Crippen LogP contribution in [0.5, 0.6) is 0 Å². The number of hydrazine groups is 1. The number of nitrogens with zero attached hydrogens (tertiary/aromatic N) is 2. The molecule has 1 heterocycles. The summed E-state index contributed by atoms with van der Waals surface area (Å²) in [5.74, 6) is 0.604. The predicted octanol–water partition coefficient (Wildman–Crippen LogP) is 2.02. The van der Waals surface area contributed by atoms with Gasteiger partial charge in [0.1, 0.15) is 5.82 Å². The van der Waals surface area contributed by atoms with Gasteiger partial charge in [0.2, 0.25) is 0 Å². The predicted molar refractivity (Wildman–Crippen MR) is 41.4 cm³/mol. The van der Waals surface area contributed by atoms with E-state index in [4.69, 9.17) is 23.6 Å². The fourth-order valence-corrected chi connectivity index (χ4v) is 0.689. The van der Waals surface area contributed by atoms with Crippen molar-refractivity contribution in [2.45, 2.75) is 0 Å². The van der Waals surface area contributed by atoms with Gasteiger partial charge in [-0.1, -0.05) is 6.07 Å². The number of hydrogen-bond acceptors (Lipinski definition) is 3. The Labute approximate surface area is 68.8 Å². The Balaban J connectivity index is 2.59. The third kappa shape index (κ3) is 2.39. The van der Waals surface area contributed by atoms with E-state index in [1.54, 1.807) is 18.3 Å². The molecular formula is C5H5Cl2N3. The van der Waals surface area contributed by atoms with E-state index in [0.29, 0.717) is 5.82 Å². The molecule has 0 fully saturated rings. The van der Waals surface area contributed by atoms with Crippen molar-refractivity contribution in [3.8, 4) is 0 Å². The molecule has 1 rings (SSSR count). The molecule has 3 nitrogen and oxygen atoms in total. The standard InChI is InChI=1S/C5H5Cl2N3/c6-10(7)9-5-3-1-2-4-8-5/h1-4H,(H,8,9). The average Bonchev–Trinajstić information content (AvgIpc) is 1.88. The number of rotatable bonds is 2. The Morgan fingerprint density at radius 3 is 2.70 bits per heavy atom. The maximum absolute atomic E-state index is 5.26. The van der Waals surface area contributed by atoms with E-state index >= 15 is 0 Å². The molecule has 0 saturated carbocycles. The SMILES string of the molecule is ClN(Cl)Nc1ccccn1. The second-order valence-corrected chi connectivity index (χ2v) is 2.41. The summed E-state index contributed by atoms with van der Waals surface area (Å²) in [6.07, 6.45) is 1.64. The summed E-state index contributed by atoms with van der Waals surface area (Å²) in [6.45, 7) is 0. The van der Waals surface area contributed by atoms with Gasteiger partial charge >= 0.3 is 0 Å². The smallest absolute Gasteiger partial charge is 0.142 e. The topological polar surface area (TPSA) is 28.2 Å². The molecular weight excluding hydrogens is 173 g/mol. The first-order valence-corrected chi connectivity index (χ1v) is 3.26. The van der Waals surface area contributed by atoms with Crippen LogP contribution in [0.15, 0.2) is 24.4 Å². The molecule has 1 N–H and O–H groups in total. The monoisotopic (exact) mass is 177 g/mol. The number of halogens is 2. The van der Waals surface area contributed by atoms with Gasteiger partial charge in [0.25, 0.3) is 0 Å². The number of hydrogen-bond donors (Lipinski definition) is 1. The number of aromatic nitrogens is 1. The van der Waals surface area contributed by atoms with Gasteiger partial charge in [-0.15, -0.1) is 0 Å². The molecule has 0 aliphatic heterocycles. The lowest BCUT2D eigenvalue weighted by atomic mass is 10.5. The minimum atomic E-state index is 0.604. The molecule has 5 heteroatoms. The number of anilines is 1. The van der Waals surface area contributed by atoms with E-state index in [2.05, 4.69) is 10.4 Å². The molecule has 1 aromatic rings. The summed E-state index contributed by atoms with van der Waals surface area (Å²) in [5, 5.41) is 0. The molecule has 0 saturated heterocycles. The Hall–Kier alpha value is -0.510. The summed E-state index contributed by atoms with van der Waals surface area (Å²) >= 11 is 10.5. The Morgan fingerprint density at radius 1 is 1.40 bits per heavy atom. The van der Waals surface area contributed by atoms with Crippen molar-refractivity contribution >= 4 is 29.4 Å². The maximum atomic E-state index is 5.26. The Morgan fingerprint density at radius 2 is 2.20 bits per heavy atom. The van der Waals surface area contributed by atoms with E-state index < -0.39 is 0 Å². The number of nitrogens with one attached hydrogen (secondary N) is 1. The second kappa shape index (κ2) is 3.61. The molecule has 54 valence electrons. The zero-order valence-corrected chi connectivity index (χ0v) is 6.47. The van der Waals surface area contributed by atoms with Crippen LogP contribution < -0.4 is 5.43 Å². The van der Waals surface area contributed by atoms with Gasteiger partial charge < -0.3 is 0 Å². The van der Waals surface area contributed by atoms with Crippen molar-refractivity contribution < 1.29 is 0 Å². The summed E-state index contributed by atoms with van der Waals surface area (Å²) in [6, 6.07) is 5.38. The van der Waals surface area contributed by atoms with Crippen LogP contribution in [0.4, 0.5) is 5.82 Å². The van der Waals surface area contributed by atoms with Crippen molar-refractivity contribution in [1.29, 1.82) is 0 Å². The molecule has 0 aliphatic rings. The molecule has 0 aliphatic carbocycles. The molecule has 1 aromatic heterocycles. The highest BCUT2D eigenvalue weighted by molar-refractivity contribution is 6.34. The summed E-state index contributed by atoms with van der Waals surface area (Å²) in [7, 11) is 0. The fourth-order valence-electron chi connectivity index (χ4n) is 0.515. The van der Waals surface area contributed by atoms with Gasteiger partial charge in [0, 0.05) is 29.8 Å². The molecule has 0 aromatic carbocycles. The molecule has 0 radical (unpaired) electrons. The van der Waals surface area contributed by atoms with Crippen molar-refractivity contribution in [3.63, 3.8) is 0 Å². The first-order valence-electron chi connectivity index (χ1n) is 2.58. The van der Waals surface area contributed by atoms with Gasteiger partial charge in [-0.2, -0.15) is 0 Å². The van der Waals surface area contributed by atoms with Gasteiger partial charge in [0.05, 0.1) is 0 Å². The van der Waals surface area contributed by atoms with Gasteiger partial charge in [0.15, 0.2) is 0 Å². The molecule has 0 bridgehead atoms. The Bertz CT molecular complexity index is 189. The zero-order valence-electron chi connectivity index (χ0n) is 4.96. The number of pyridine rings is 1. The lowest BCUT2D eigenvalue weighted by Crippen LogP contribution is -2.08. The minimum absolute atomic E-state index is 0.604. The van der Waals surface area contributed by atoms with Crippen molar-refractivity contribution in [3.05, 3.63) is 24.4 Å². The highest BCUT2D eigenvalue weighted by Crippen LogP contribution is 2.05. The molecule has 10 heavy (non-hydrogen) atoms. The molecule has 0 spiro atoms. The van der Waals surface area contributed by atoms with Crippen LogP contribution in [0.1, 0.15) is 0 Å². The van der Waals surface area contributed by atoms with Gasteiger partial charge in [-0.05, 0) is 16.2 Å².